The smallest absolute Gasteiger partial charge is 0.140 e. The number of nitrogens with two attached hydrogens (primary N) is 1. The van der Waals surface area contributed by atoms with E-state index in [2.05, 4.69) is 47.0 Å². The van der Waals surface area contributed by atoms with Gasteiger partial charge in [-0.3, -0.25) is 0 Å². The second-order valence-corrected chi connectivity index (χ2v) is 5.40. The molecule has 0 saturated heterocycles. The number of rotatable bonds is 4. The van der Waals surface area contributed by atoms with E-state index in [4.69, 9.17) is 5.73 Å². The summed E-state index contributed by atoms with van der Waals surface area (Å²) in [4.78, 5) is 4.29. The molecule has 90 valence electrons. The third-order valence-electron chi connectivity index (χ3n) is 3.03. The number of nitrogens with zero attached hydrogens (tertiary/aromatic N) is 1. The van der Waals surface area contributed by atoms with Crippen LogP contribution in [0.2, 0.25) is 0 Å². The van der Waals surface area contributed by atoms with Crippen LogP contribution in [-0.2, 0) is 0 Å². The number of hydrogen-bond donors (Lipinski definition) is 2. The van der Waals surface area contributed by atoms with Crippen molar-refractivity contribution in [1.82, 2.24) is 4.98 Å². The van der Waals surface area contributed by atoms with Crippen LogP contribution >= 0.6 is 15.9 Å². The van der Waals surface area contributed by atoms with Crippen molar-refractivity contribution < 1.29 is 0 Å². The van der Waals surface area contributed by atoms with Gasteiger partial charge in [-0.15, -0.1) is 0 Å². The van der Waals surface area contributed by atoms with Crippen molar-refractivity contribution in [2.75, 3.05) is 17.6 Å². The second-order valence-electron chi connectivity index (χ2n) is 4.60. The summed E-state index contributed by atoms with van der Waals surface area (Å²) in [5.74, 6) is 2.16. The first-order chi connectivity index (χ1) is 7.43. The van der Waals surface area contributed by atoms with Gasteiger partial charge in [0, 0.05) is 6.54 Å². The Hall–Kier alpha value is -0.770. The number of nitrogens with one attached hydrogen (secondary N) is 1. The van der Waals surface area contributed by atoms with E-state index in [1.165, 1.54) is 0 Å². The van der Waals surface area contributed by atoms with Gasteiger partial charge in [0.15, 0.2) is 0 Å². The minimum absolute atomic E-state index is 0.617. The van der Waals surface area contributed by atoms with E-state index in [0.717, 1.165) is 22.4 Å². The quantitative estimate of drug-likeness (QED) is 0.891. The molecular weight excluding hydrogens is 266 g/mol. The van der Waals surface area contributed by atoms with E-state index >= 15 is 0 Å². The lowest BCUT2D eigenvalue weighted by Gasteiger charge is -2.17. The molecule has 0 saturated carbocycles. The summed E-state index contributed by atoms with van der Waals surface area (Å²) in [6.45, 7) is 9.59. The molecular formula is C12H20BrN3. The van der Waals surface area contributed by atoms with Gasteiger partial charge in [-0.1, -0.05) is 20.8 Å². The predicted octanol–water partition coefficient (Wildman–Crippen LogP) is 3.44. The predicted molar refractivity (Wildman–Crippen MR) is 73.6 cm³/mol. The van der Waals surface area contributed by atoms with Gasteiger partial charge in [0.2, 0.25) is 0 Å². The lowest BCUT2D eigenvalue weighted by atomic mass is 9.98. The minimum Gasteiger partial charge on any atom is -0.397 e. The third kappa shape index (κ3) is 3.11. The number of halogens is 1. The molecule has 3 N–H and O–H groups in total. The summed E-state index contributed by atoms with van der Waals surface area (Å²) in [5.41, 5.74) is 7.53. The maximum Gasteiger partial charge on any atom is 0.140 e. The van der Waals surface area contributed by atoms with Gasteiger partial charge in [-0.25, -0.2) is 4.98 Å². The normalized spacial score (nSPS) is 12.9. The minimum atomic E-state index is 0.617. The summed E-state index contributed by atoms with van der Waals surface area (Å²) in [6, 6.07) is 0. The molecule has 0 aromatic carbocycles. The highest BCUT2D eigenvalue weighted by atomic mass is 79.9. The Morgan fingerprint density at radius 2 is 2.06 bits per heavy atom. The Labute approximate surface area is 106 Å². The molecule has 0 spiro atoms. The molecule has 1 aromatic rings. The number of pyridine rings is 1. The van der Waals surface area contributed by atoms with Gasteiger partial charge in [-0.05, 0) is 40.3 Å². The van der Waals surface area contributed by atoms with E-state index in [-0.39, 0.29) is 0 Å². The van der Waals surface area contributed by atoms with E-state index in [1.54, 1.807) is 6.20 Å². The van der Waals surface area contributed by atoms with E-state index in [0.29, 0.717) is 17.5 Å². The van der Waals surface area contributed by atoms with Crippen molar-refractivity contribution in [3.8, 4) is 0 Å². The van der Waals surface area contributed by atoms with Gasteiger partial charge < -0.3 is 11.1 Å². The Kier molecular flexibility index (Phi) is 4.59. The molecule has 1 heterocycles. The van der Waals surface area contributed by atoms with Crippen LogP contribution in [0.5, 0.6) is 0 Å². The van der Waals surface area contributed by atoms with Gasteiger partial charge in [0.1, 0.15) is 5.82 Å². The molecule has 0 aliphatic heterocycles. The molecule has 0 fully saturated rings. The highest BCUT2D eigenvalue weighted by Crippen LogP contribution is 2.27. The SMILES string of the molecule is Cc1c(N)cnc(NCC(C)C(C)C)c1Br. The molecule has 0 amide bonds. The fourth-order valence-electron chi connectivity index (χ4n) is 1.21. The van der Waals surface area contributed by atoms with E-state index in [1.807, 2.05) is 6.92 Å². The second kappa shape index (κ2) is 5.53. The van der Waals surface area contributed by atoms with Gasteiger partial charge in [-0.2, -0.15) is 0 Å². The molecule has 1 atom stereocenters. The fraction of sp³-hybridized carbons (Fsp3) is 0.583. The van der Waals surface area contributed by atoms with Crippen LogP contribution in [0.3, 0.4) is 0 Å². The molecule has 0 aliphatic carbocycles. The molecule has 1 aromatic heterocycles. The zero-order valence-corrected chi connectivity index (χ0v) is 11.9. The first kappa shape index (κ1) is 13.3. The first-order valence-electron chi connectivity index (χ1n) is 5.58. The van der Waals surface area contributed by atoms with Crippen LogP contribution in [0.1, 0.15) is 26.3 Å². The zero-order chi connectivity index (χ0) is 12.3. The molecule has 4 heteroatoms. The molecule has 3 nitrogen and oxygen atoms in total. The van der Waals surface area contributed by atoms with E-state index in [9.17, 15) is 0 Å². The van der Waals surface area contributed by atoms with Crippen LogP contribution in [0.25, 0.3) is 0 Å². The van der Waals surface area contributed by atoms with Crippen molar-refractivity contribution in [1.29, 1.82) is 0 Å². The van der Waals surface area contributed by atoms with Gasteiger partial charge >= 0.3 is 0 Å². The lowest BCUT2D eigenvalue weighted by Crippen LogP contribution is -2.17. The van der Waals surface area contributed by atoms with Crippen LogP contribution < -0.4 is 11.1 Å². The third-order valence-corrected chi connectivity index (χ3v) is 4.00. The van der Waals surface area contributed by atoms with Crippen molar-refractivity contribution in [2.45, 2.75) is 27.7 Å². The summed E-state index contributed by atoms with van der Waals surface area (Å²) in [5, 5.41) is 3.35. The molecule has 0 aliphatic rings. The van der Waals surface area contributed by atoms with Crippen molar-refractivity contribution >= 4 is 27.4 Å². The standard InChI is InChI=1S/C12H20BrN3/c1-7(2)8(3)5-15-12-11(13)9(4)10(14)6-16-12/h6-8H,5,14H2,1-4H3,(H,15,16). The van der Waals surface area contributed by atoms with Crippen LogP contribution in [0.4, 0.5) is 11.5 Å². The van der Waals surface area contributed by atoms with Crippen molar-refractivity contribution in [3.63, 3.8) is 0 Å². The number of hydrogen-bond acceptors (Lipinski definition) is 3. The summed E-state index contributed by atoms with van der Waals surface area (Å²) < 4.78 is 0.962. The average molecular weight is 286 g/mol. The van der Waals surface area contributed by atoms with Gasteiger partial charge in [0.25, 0.3) is 0 Å². The summed E-state index contributed by atoms with van der Waals surface area (Å²) in [7, 11) is 0. The molecule has 0 bridgehead atoms. The number of nitrogen functional groups attached to an aromatic ring is 1. The highest BCUT2D eigenvalue weighted by Gasteiger charge is 2.10. The Bertz CT molecular complexity index is 364. The van der Waals surface area contributed by atoms with Crippen LogP contribution in [0.15, 0.2) is 10.7 Å². The van der Waals surface area contributed by atoms with Crippen LogP contribution in [0, 0.1) is 18.8 Å². The largest absolute Gasteiger partial charge is 0.397 e. The zero-order valence-electron chi connectivity index (χ0n) is 10.3. The van der Waals surface area contributed by atoms with Crippen molar-refractivity contribution in [3.05, 3.63) is 16.2 Å². The monoisotopic (exact) mass is 285 g/mol. The average Bonchev–Trinajstić information content (AvgIpc) is 2.24. The number of aromatic nitrogens is 1. The molecule has 1 rings (SSSR count). The number of anilines is 2. The van der Waals surface area contributed by atoms with Crippen molar-refractivity contribution in [2.24, 2.45) is 11.8 Å². The Morgan fingerprint density at radius 3 is 2.62 bits per heavy atom. The topological polar surface area (TPSA) is 50.9 Å². The maximum atomic E-state index is 5.77. The Balaban J connectivity index is 2.72. The van der Waals surface area contributed by atoms with E-state index < -0.39 is 0 Å². The first-order valence-corrected chi connectivity index (χ1v) is 6.37. The molecule has 1 unspecified atom stereocenters. The van der Waals surface area contributed by atoms with Crippen LogP contribution in [-0.4, -0.2) is 11.5 Å². The maximum absolute atomic E-state index is 5.77. The Morgan fingerprint density at radius 1 is 1.44 bits per heavy atom. The lowest BCUT2D eigenvalue weighted by molar-refractivity contribution is 0.439. The molecule has 0 radical (unpaired) electrons. The fourth-order valence-corrected chi connectivity index (χ4v) is 1.68. The summed E-state index contributed by atoms with van der Waals surface area (Å²) >= 11 is 3.51. The highest BCUT2D eigenvalue weighted by molar-refractivity contribution is 9.10. The molecule has 16 heavy (non-hydrogen) atoms. The van der Waals surface area contributed by atoms with Gasteiger partial charge in [0.05, 0.1) is 16.4 Å². The summed E-state index contributed by atoms with van der Waals surface area (Å²) in [6.07, 6.45) is 1.70.